The predicted molar refractivity (Wildman–Crippen MR) is 110 cm³/mol. The summed E-state index contributed by atoms with van der Waals surface area (Å²) in [6.07, 6.45) is 0. The minimum Gasteiger partial charge on any atom is -0.478 e. The molecule has 150 valence electrons. The monoisotopic (exact) mass is 430 g/mol. The van der Waals surface area contributed by atoms with E-state index in [0.717, 1.165) is 17.2 Å². The Kier molecular flexibility index (Phi) is 5.83. The van der Waals surface area contributed by atoms with Crippen molar-refractivity contribution in [3.05, 3.63) is 75.5 Å². The van der Waals surface area contributed by atoms with E-state index in [9.17, 15) is 18.0 Å². The number of benzene rings is 2. The van der Waals surface area contributed by atoms with Crippen LogP contribution < -0.4 is 10.3 Å². The number of thiophene rings is 1. The Morgan fingerprint density at radius 1 is 1.00 bits per heavy atom. The number of hydrogen-bond acceptors (Lipinski definition) is 5. The number of carbonyl (C=O) groups is 2. The Hall–Kier alpha value is -3.01. The van der Waals surface area contributed by atoms with Crippen LogP contribution in [-0.4, -0.2) is 25.4 Å². The van der Waals surface area contributed by atoms with Gasteiger partial charge in [0.2, 0.25) is 0 Å². The van der Waals surface area contributed by atoms with E-state index in [4.69, 9.17) is 5.11 Å². The SMILES string of the molecule is Cc1ccc(-c2ccsc2C(=O)NNS(=O)(=O)c2cc(C(=O)O)ccc2C)cc1. The number of hydrazine groups is 1. The van der Waals surface area contributed by atoms with Crippen molar-refractivity contribution in [1.82, 2.24) is 10.3 Å². The summed E-state index contributed by atoms with van der Waals surface area (Å²) in [4.78, 5) is 25.9. The minimum absolute atomic E-state index is 0.165. The molecule has 9 heteroatoms. The molecular formula is C20H18N2O5S2. The number of carbonyl (C=O) groups excluding carboxylic acids is 1. The van der Waals surface area contributed by atoms with Crippen molar-refractivity contribution in [3.63, 3.8) is 0 Å². The van der Waals surface area contributed by atoms with Gasteiger partial charge in [0.15, 0.2) is 0 Å². The van der Waals surface area contributed by atoms with Crippen molar-refractivity contribution in [2.24, 2.45) is 0 Å². The van der Waals surface area contributed by atoms with Crippen LogP contribution in [0.2, 0.25) is 0 Å². The summed E-state index contributed by atoms with van der Waals surface area (Å²) in [6.45, 7) is 3.50. The van der Waals surface area contributed by atoms with Crippen LogP contribution in [0.3, 0.4) is 0 Å². The molecule has 3 N–H and O–H groups in total. The topological polar surface area (TPSA) is 113 Å². The number of hydrogen-bond donors (Lipinski definition) is 3. The zero-order valence-corrected chi connectivity index (χ0v) is 17.2. The van der Waals surface area contributed by atoms with Gasteiger partial charge in [-0.1, -0.05) is 35.9 Å². The van der Waals surface area contributed by atoms with Crippen molar-refractivity contribution >= 4 is 33.2 Å². The smallest absolute Gasteiger partial charge is 0.335 e. The molecule has 0 aliphatic rings. The van der Waals surface area contributed by atoms with E-state index in [2.05, 4.69) is 5.43 Å². The zero-order chi connectivity index (χ0) is 21.2. The number of aromatic carboxylic acids is 1. The standard InChI is InChI=1S/C20H18N2O5S2/c1-12-3-6-14(7-4-12)16-9-10-28-18(16)19(23)21-22-29(26,27)17-11-15(20(24)25)8-5-13(17)2/h3-11,22H,1-2H3,(H,21,23)(H,24,25). The average molecular weight is 431 g/mol. The summed E-state index contributed by atoms with van der Waals surface area (Å²) >= 11 is 1.19. The fourth-order valence-electron chi connectivity index (χ4n) is 2.69. The third-order valence-corrected chi connectivity index (χ3v) is 6.56. The normalized spacial score (nSPS) is 11.2. The largest absolute Gasteiger partial charge is 0.478 e. The maximum atomic E-state index is 12.6. The summed E-state index contributed by atoms with van der Waals surface area (Å²) in [5, 5.41) is 10.8. The molecule has 0 unspecified atom stereocenters. The molecule has 0 aliphatic carbocycles. The first kappa shape index (κ1) is 20.7. The zero-order valence-electron chi connectivity index (χ0n) is 15.6. The summed E-state index contributed by atoms with van der Waals surface area (Å²) < 4.78 is 25.2. The molecule has 2 aromatic carbocycles. The maximum absolute atomic E-state index is 12.6. The quantitative estimate of drug-likeness (QED) is 0.519. The average Bonchev–Trinajstić information content (AvgIpc) is 3.16. The third-order valence-electron chi connectivity index (χ3n) is 4.26. The van der Waals surface area contributed by atoms with Gasteiger partial charge in [-0.2, -0.15) is 0 Å². The molecular weight excluding hydrogens is 412 g/mol. The van der Waals surface area contributed by atoms with Gasteiger partial charge >= 0.3 is 5.97 Å². The fraction of sp³-hybridized carbons (Fsp3) is 0.100. The molecule has 0 fully saturated rings. The van der Waals surface area contributed by atoms with E-state index >= 15 is 0 Å². The van der Waals surface area contributed by atoms with E-state index in [0.29, 0.717) is 16.0 Å². The molecule has 1 heterocycles. The van der Waals surface area contributed by atoms with Gasteiger partial charge in [-0.3, -0.25) is 10.2 Å². The summed E-state index contributed by atoms with van der Waals surface area (Å²) in [6, 6.07) is 13.2. The van der Waals surface area contributed by atoms with Crippen molar-refractivity contribution in [1.29, 1.82) is 0 Å². The molecule has 1 amide bonds. The van der Waals surface area contributed by atoms with Crippen LogP contribution in [0.25, 0.3) is 11.1 Å². The highest BCUT2D eigenvalue weighted by Crippen LogP contribution is 2.28. The number of carboxylic acid groups (broad SMARTS) is 1. The highest BCUT2D eigenvalue weighted by Gasteiger charge is 2.21. The van der Waals surface area contributed by atoms with Crippen molar-refractivity contribution in [2.75, 3.05) is 0 Å². The van der Waals surface area contributed by atoms with Gasteiger partial charge in [0, 0.05) is 5.56 Å². The van der Waals surface area contributed by atoms with E-state index in [-0.39, 0.29) is 10.5 Å². The van der Waals surface area contributed by atoms with E-state index < -0.39 is 21.9 Å². The molecule has 0 atom stereocenters. The third kappa shape index (κ3) is 4.53. The van der Waals surface area contributed by atoms with Crippen LogP contribution in [-0.2, 0) is 10.0 Å². The first-order valence-electron chi connectivity index (χ1n) is 8.49. The Bertz CT molecular complexity index is 1180. The number of amides is 1. The molecule has 3 aromatic rings. The number of rotatable bonds is 6. The van der Waals surface area contributed by atoms with Gasteiger partial charge in [0.1, 0.15) is 4.88 Å². The van der Waals surface area contributed by atoms with Crippen LogP contribution in [0.4, 0.5) is 0 Å². The van der Waals surface area contributed by atoms with Crippen LogP contribution in [0, 0.1) is 13.8 Å². The molecule has 29 heavy (non-hydrogen) atoms. The molecule has 0 radical (unpaired) electrons. The van der Waals surface area contributed by atoms with Gasteiger partial charge in [-0.15, -0.1) is 16.2 Å². The lowest BCUT2D eigenvalue weighted by atomic mass is 10.1. The fourth-order valence-corrected chi connectivity index (χ4v) is 4.62. The summed E-state index contributed by atoms with van der Waals surface area (Å²) in [5.41, 5.74) is 5.02. The van der Waals surface area contributed by atoms with E-state index in [1.54, 1.807) is 11.4 Å². The number of sulfonamides is 1. The summed E-state index contributed by atoms with van der Waals surface area (Å²) in [5.74, 6) is -1.85. The van der Waals surface area contributed by atoms with E-state index in [1.807, 2.05) is 36.0 Å². The van der Waals surface area contributed by atoms with Gasteiger partial charge in [0.25, 0.3) is 15.9 Å². The predicted octanol–water partition coefficient (Wildman–Crippen LogP) is 3.35. The van der Waals surface area contributed by atoms with Crippen LogP contribution in [0.5, 0.6) is 0 Å². The van der Waals surface area contributed by atoms with Gasteiger partial charge in [-0.25, -0.2) is 13.2 Å². The molecule has 0 aliphatic heterocycles. The molecule has 0 saturated heterocycles. The van der Waals surface area contributed by atoms with E-state index in [1.165, 1.54) is 30.4 Å². The van der Waals surface area contributed by atoms with Crippen molar-refractivity contribution < 1.29 is 23.1 Å². The lowest BCUT2D eigenvalue weighted by Crippen LogP contribution is -2.41. The number of aryl methyl sites for hydroxylation is 2. The number of carboxylic acids is 1. The molecule has 0 bridgehead atoms. The second-order valence-corrected chi connectivity index (χ2v) is 8.94. The van der Waals surface area contributed by atoms with Gasteiger partial charge < -0.3 is 5.11 Å². The lowest BCUT2D eigenvalue weighted by Gasteiger charge is -2.11. The van der Waals surface area contributed by atoms with Gasteiger partial charge in [-0.05, 0) is 48.6 Å². The molecule has 0 spiro atoms. The van der Waals surface area contributed by atoms with Crippen LogP contribution >= 0.6 is 11.3 Å². The van der Waals surface area contributed by atoms with Gasteiger partial charge in [0.05, 0.1) is 10.5 Å². The molecule has 3 rings (SSSR count). The van der Waals surface area contributed by atoms with Crippen molar-refractivity contribution in [2.45, 2.75) is 18.7 Å². The second-order valence-electron chi connectivity index (χ2n) is 6.37. The first-order valence-corrected chi connectivity index (χ1v) is 10.9. The highest BCUT2D eigenvalue weighted by molar-refractivity contribution is 7.89. The molecule has 7 nitrogen and oxygen atoms in total. The number of nitrogens with one attached hydrogen (secondary N) is 2. The molecule has 1 aromatic heterocycles. The minimum atomic E-state index is -4.16. The first-order chi connectivity index (χ1) is 13.7. The maximum Gasteiger partial charge on any atom is 0.335 e. The Morgan fingerprint density at radius 2 is 1.69 bits per heavy atom. The Morgan fingerprint density at radius 3 is 2.34 bits per heavy atom. The summed E-state index contributed by atoms with van der Waals surface area (Å²) in [7, 11) is -4.16. The van der Waals surface area contributed by atoms with Crippen LogP contribution in [0.1, 0.15) is 31.2 Å². The molecule has 0 saturated carbocycles. The van der Waals surface area contributed by atoms with Crippen LogP contribution in [0.15, 0.2) is 58.8 Å². The Labute approximate surface area is 172 Å². The second kappa shape index (κ2) is 8.16. The Balaban J connectivity index is 1.81. The lowest BCUT2D eigenvalue weighted by molar-refractivity contribution is 0.0696. The van der Waals surface area contributed by atoms with Crippen molar-refractivity contribution in [3.8, 4) is 11.1 Å². The highest BCUT2D eigenvalue weighted by atomic mass is 32.2.